The number of aromatic nitrogens is 1. The van der Waals surface area contributed by atoms with Crippen LogP contribution in [0.4, 0.5) is 9.52 Å². The maximum absolute atomic E-state index is 13.1. The lowest BCUT2D eigenvalue weighted by Gasteiger charge is -2.25. The van der Waals surface area contributed by atoms with Crippen molar-refractivity contribution in [3.05, 3.63) is 46.6 Å². The molecule has 2 N–H and O–H groups in total. The summed E-state index contributed by atoms with van der Waals surface area (Å²) in [6.45, 7) is 3.99. The average Bonchev–Trinajstić information content (AvgIpc) is 3.35. The van der Waals surface area contributed by atoms with Gasteiger partial charge in [0.1, 0.15) is 5.82 Å². The molecule has 2 saturated carbocycles. The lowest BCUT2D eigenvalue weighted by molar-refractivity contribution is -0.148. The molecule has 4 atom stereocenters. The van der Waals surface area contributed by atoms with Crippen molar-refractivity contribution in [2.45, 2.75) is 26.7 Å². The minimum absolute atomic E-state index is 0.00682. The molecule has 0 unspecified atom stereocenters. The fourth-order valence-corrected chi connectivity index (χ4v) is 5.60. The van der Waals surface area contributed by atoms with E-state index in [0.717, 1.165) is 29.6 Å². The van der Waals surface area contributed by atoms with Gasteiger partial charge in [-0.1, -0.05) is 11.1 Å². The first-order chi connectivity index (χ1) is 13.4. The van der Waals surface area contributed by atoms with E-state index in [4.69, 9.17) is 0 Å². The molecule has 2 fully saturated rings. The zero-order valence-electron chi connectivity index (χ0n) is 15.6. The Morgan fingerprint density at radius 3 is 2.39 bits per heavy atom. The van der Waals surface area contributed by atoms with Crippen LogP contribution in [0.2, 0.25) is 0 Å². The van der Waals surface area contributed by atoms with Gasteiger partial charge in [-0.05, 0) is 62.8 Å². The van der Waals surface area contributed by atoms with Gasteiger partial charge in [0.2, 0.25) is 5.91 Å². The molecular weight excluding hydrogens is 379 g/mol. The summed E-state index contributed by atoms with van der Waals surface area (Å²) in [4.78, 5) is 29.3. The van der Waals surface area contributed by atoms with Gasteiger partial charge in [0.25, 0.3) is 0 Å². The molecule has 0 radical (unpaired) electrons. The van der Waals surface area contributed by atoms with Crippen LogP contribution in [0.5, 0.6) is 0 Å². The number of rotatable bonds is 4. The first-order valence-corrected chi connectivity index (χ1v) is 10.2. The van der Waals surface area contributed by atoms with E-state index in [1.165, 1.54) is 23.5 Å². The number of hydrogen-bond acceptors (Lipinski definition) is 4. The van der Waals surface area contributed by atoms with Crippen LogP contribution in [0.15, 0.2) is 40.8 Å². The van der Waals surface area contributed by atoms with Gasteiger partial charge in [-0.3, -0.25) is 9.59 Å². The van der Waals surface area contributed by atoms with Crippen molar-refractivity contribution in [1.29, 1.82) is 0 Å². The van der Waals surface area contributed by atoms with Crippen molar-refractivity contribution in [1.82, 2.24) is 4.98 Å². The Morgan fingerprint density at radius 2 is 1.79 bits per heavy atom. The number of carboxylic acids is 1. The van der Waals surface area contributed by atoms with Crippen LogP contribution in [0.3, 0.4) is 0 Å². The smallest absolute Gasteiger partial charge is 0.307 e. The topological polar surface area (TPSA) is 79.3 Å². The second kappa shape index (κ2) is 7.13. The lowest BCUT2D eigenvalue weighted by Crippen LogP contribution is -2.37. The van der Waals surface area contributed by atoms with Gasteiger partial charge in [-0.25, -0.2) is 9.37 Å². The fraction of sp³-hybridized carbons (Fsp3) is 0.381. The maximum atomic E-state index is 13.1. The maximum Gasteiger partial charge on any atom is 0.307 e. The summed E-state index contributed by atoms with van der Waals surface area (Å²) in [6, 6.07) is 5.99. The molecule has 28 heavy (non-hydrogen) atoms. The largest absolute Gasteiger partial charge is 0.481 e. The van der Waals surface area contributed by atoms with Crippen molar-refractivity contribution in [2.75, 3.05) is 5.32 Å². The number of allylic oxidation sites excluding steroid dienone is 2. The van der Waals surface area contributed by atoms with Crippen molar-refractivity contribution in [3.8, 4) is 11.3 Å². The molecule has 1 aromatic heterocycles. The molecule has 1 aromatic carbocycles. The quantitative estimate of drug-likeness (QED) is 0.736. The molecule has 1 amide bonds. The van der Waals surface area contributed by atoms with E-state index < -0.39 is 17.8 Å². The summed E-state index contributed by atoms with van der Waals surface area (Å²) >= 11 is 1.28. The molecule has 0 aliphatic heterocycles. The van der Waals surface area contributed by atoms with Gasteiger partial charge in [0.05, 0.1) is 17.5 Å². The Balaban J connectivity index is 1.56. The Hall–Kier alpha value is -2.54. The molecule has 7 heteroatoms. The van der Waals surface area contributed by atoms with E-state index in [0.29, 0.717) is 10.8 Å². The molecule has 1 heterocycles. The van der Waals surface area contributed by atoms with E-state index >= 15 is 0 Å². The van der Waals surface area contributed by atoms with E-state index in [9.17, 15) is 19.1 Å². The Kier molecular flexibility index (Phi) is 4.79. The number of benzene rings is 1. The first kappa shape index (κ1) is 18.8. The van der Waals surface area contributed by atoms with Gasteiger partial charge in [0, 0.05) is 10.9 Å². The number of aliphatic carboxylic acids is 1. The highest BCUT2D eigenvalue weighted by molar-refractivity contribution is 7.14. The summed E-state index contributed by atoms with van der Waals surface area (Å²) in [7, 11) is 0. The summed E-state index contributed by atoms with van der Waals surface area (Å²) in [5.41, 5.74) is 3.68. The Bertz CT molecular complexity index is 962. The van der Waals surface area contributed by atoms with Gasteiger partial charge in [-0.15, -0.1) is 11.3 Å². The second-order valence-electron chi connectivity index (χ2n) is 7.67. The number of amides is 1. The summed E-state index contributed by atoms with van der Waals surface area (Å²) in [5.74, 6) is -2.81. The Labute approximate surface area is 166 Å². The predicted octanol–water partition coefficient (Wildman–Crippen LogP) is 4.58. The molecule has 2 aromatic rings. The number of hydrogen-bond donors (Lipinski definition) is 2. The number of nitrogens with zero attached hydrogens (tertiary/aromatic N) is 1. The van der Waals surface area contributed by atoms with Gasteiger partial charge >= 0.3 is 5.97 Å². The number of carbonyl (C=O) groups excluding carboxylic acids is 1. The van der Waals surface area contributed by atoms with Gasteiger partial charge in [-0.2, -0.15) is 0 Å². The van der Waals surface area contributed by atoms with Crippen LogP contribution in [0, 0.1) is 29.5 Å². The number of nitrogens with one attached hydrogen (secondary N) is 1. The van der Waals surface area contributed by atoms with Gasteiger partial charge in [0.15, 0.2) is 5.13 Å². The zero-order valence-corrected chi connectivity index (χ0v) is 16.4. The molecule has 2 aliphatic carbocycles. The van der Waals surface area contributed by atoms with E-state index in [1.54, 1.807) is 17.5 Å². The third-order valence-corrected chi connectivity index (χ3v) is 6.64. The van der Waals surface area contributed by atoms with Crippen LogP contribution < -0.4 is 5.32 Å². The molecule has 0 saturated heterocycles. The third-order valence-electron chi connectivity index (χ3n) is 5.88. The number of halogens is 1. The van der Waals surface area contributed by atoms with Crippen LogP contribution in [-0.4, -0.2) is 22.0 Å². The molecule has 4 rings (SSSR count). The first-order valence-electron chi connectivity index (χ1n) is 9.29. The molecule has 5 nitrogen and oxygen atoms in total. The van der Waals surface area contributed by atoms with Crippen molar-refractivity contribution in [3.63, 3.8) is 0 Å². The Morgan fingerprint density at radius 1 is 1.14 bits per heavy atom. The second-order valence-corrected chi connectivity index (χ2v) is 8.53. The minimum Gasteiger partial charge on any atom is -0.481 e. The normalized spacial score (nSPS) is 25.8. The number of fused-ring (bicyclic) bond motifs is 2. The van der Waals surface area contributed by atoms with Gasteiger partial charge < -0.3 is 10.4 Å². The van der Waals surface area contributed by atoms with Crippen molar-refractivity contribution < 1.29 is 19.1 Å². The molecule has 2 aliphatic rings. The van der Waals surface area contributed by atoms with Crippen LogP contribution in [0.1, 0.15) is 26.7 Å². The van der Waals surface area contributed by atoms with Crippen molar-refractivity contribution in [2.24, 2.45) is 23.7 Å². The SMILES string of the molecule is CC(C)=C1[C@H]2CC[C@H]1[C@H](C(=O)Nc1nc(-c3ccc(F)cc3)cs1)[C@H]2C(=O)O. The van der Waals surface area contributed by atoms with E-state index in [1.807, 2.05) is 13.8 Å². The molecule has 2 bridgehead atoms. The monoisotopic (exact) mass is 400 g/mol. The highest BCUT2D eigenvalue weighted by Crippen LogP contribution is 2.57. The van der Waals surface area contributed by atoms with Crippen LogP contribution >= 0.6 is 11.3 Å². The standard InChI is InChI=1S/C21H21FN2O3S/c1-10(2)16-13-7-8-14(16)18(20(26)27)17(13)19(25)24-21-23-15(9-28-21)11-3-5-12(22)6-4-11/h3-6,9,13-14,17-18H,7-8H2,1-2H3,(H,26,27)(H,23,24,25)/t13-,14-,17+,18+/m1/s1. The molecule has 146 valence electrons. The summed E-state index contributed by atoms with van der Waals surface area (Å²) < 4.78 is 13.1. The van der Waals surface area contributed by atoms with E-state index in [2.05, 4.69) is 10.3 Å². The number of anilines is 1. The third kappa shape index (κ3) is 3.13. The van der Waals surface area contributed by atoms with E-state index in [-0.39, 0.29) is 23.6 Å². The summed E-state index contributed by atoms with van der Waals surface area (Å²) in [5, 5.41) is 14.8. The lowest BCUT2D eigenvalue weighted by atomic mass is 9.79. The highest BCUT2D eigenvalue weighted by Gasteiger charge is 2.57. The zero-order chi connectivity index (χ0) is 20.0. The highest BCUT2D eigenvalue weighted by atomic mass is 32.1. The van der Waals surface area contributed by atoms with Crippen LogP contribution in [0.25, 0.3) is 11.3 Å². The summed E-state index contributed by atoms with van der Waals surface area (Å²) in [6.07, 6.45) is 1.68. The van der Waals surface area contributed by atoms with Crippen LogP contribution in [-0.2, 0) is 9.59 Å². The number of thiazole rings is 1. The number of carboxylic acid groups (broad SMARTS) is 1. The number of carbonyl (C=O) groups is 2. The average molecular weight is 400 g/mol. The molecular formula is C21H21FN2O3S. The fourth-order valence-electron chi connectivity index (χ4n) is 4.88. The molecule has 0 spiro atoms. The van der Waals surface area contributed by atoms with Crippen molar-refractivity contribution >= 4 is 28.3 Å². The predicted molar refractivity (Wildman–Crippen MR) is 105 cm³/mol. The minimum atomic E-state index is -0.905.